The molecular formula is C14H18Cl2O2. The summed E-state index contributed by atoms with van der Waals surface area (Å²) in [7, 11) is 0. The van der Waals surface area contributed by atoms with Crippen LogP contribution in [0.3, 0.4) is 0 Å². The minimum Gasteiger partial charge on any atom is -0.343 e. The molecule has 2 atom stereocenters. The first-order valence-electron chi connectivity index (χ1n) is 6.18. The van der Waals surface area contributed by atoms with Crippen LogP contribution in [0.25, 0.3) is 0 Å². The fraction of sp³-hybridized carbons (Fsp3) is 0.571. The predicted molar refractivity (Wildman–Crippen MR) is 74.1 cm³/mol. The number of hydrogen-bond acceptors (Lipinski definition) is 2. The summed E-state index contributed by atoms with van der Waals surface area (Å²) < 4.78 is 11.8. The minimum absolute atomic E-state index is 0.127. The topological polar surface area (TPSA) is 18.5 Å². The van der Waals surface area contributed by atoms with Crippen molar-refractivity contribution in [2.24, 2.45) is 5.92 Å². The van der Waals surface area contributed by atoms with Gasteiger partial charge in [0, 0.05) is 10.6 Å². The van der Waals surface area contributed by atoms with Gasteiger partial charge in [-0.25, -0.2) is 0 Å². The van der Waals surface area contributed by atoms with Gasteiger partial charge in [0.15, 0.2) is 5.79 Å². The molecule has 0 aliphatic carbocycles. The van der Waals surface area contributed by atoms with Crippen molar-refractivity contribution in [2.75, 3.05) is 6.61 Å². The van der Waals surface area contributed by atoms with Crippen LogP contribution in [0, 0.1) is 5.92 Å². The van der Waals surface area contributed by atoms with Gasteiger partial charge in [0.1, 0.15) is 0 Å². The van der Waals surface area contributed by atoms with Gasteiger partial charge >= 0.3 is 0 Å². The lowest BCUT2D eigenvalue weighted by atomic mass is 10.1. The summed E-state index contributed by atoms with van der Waals surface area (Å²) in [6.45, 7) is 6.86. The monoisotopic (exact) mass is 288 g/mol. The molecule has 0 unspecified atom stereocenters. The third kappa shape index (κ3) is 3.00. The molecule has 0 aromatic heterocycles. The number of ether oxygens (including phenoxy) is 2. The van der Waals surface area contributed by atoms with Gasteiger partial charge < -0.3 is 9.47 Å². The van der Waals surface area contributed by atoms with Crippen LogP contribution in [0.4, 0.5) is 0 Å². The van der Waals surface area contributed by atoms with Crippen molar-refractivity contribution in [3.8, 4) is 0 Å². The zero-order valence-corrected chi connectivity index (χ0v) is 12.4. The van der Waals surface area contributed by atoms with E-state index in [4.69, 9.17) is 32.7 Å². The van der Waals surface area contributed by atoms with E-state index in [1.165, 1.54) is 0 Å². The Morgan fingerprint density at radius 2 is 2.11 bits per heavy atom. The maximum absolute atomic E-state index is 6.21. The molecule has 0 bridgehead atoms. The van der Waals surface area contributed by atoms with Gasteiger partial charge in [0.05, 0.1) is 17.7 Å². The standard InChI is InChI=1S/C14H18Cl2O2/c1-9(2)6-11-8-17-14(3,18-11)12-5-4-10(15)7-13(12)16/h4-5,7,9,11H,6,8H2,1-3H3/t11-,14+/m1/s1. The molecule has 4 heteroatoms. The first kappa shape index (κ1) is 14.1. The molecule has 1 heterocycles. The SMILES string of the molecule is CC(C)C[C@@H]1CO[C@](C)(c2ccc(Cl)cc2Cl)O1. The van der Waals surface area contributed by atoms with Crippen molar-refractivity contribution in [3.63, 3.8) is 0 Å². The van der Waals surface area contributed by atoms with Gasteiger partial charge in [0.2, 0.25) is 0 Å². The molecule has 0 N–H and O–H groups in total. The average molecular weight is 289 g/mol. The normalized spacial score (nSPS) is 28.0. The van der Waals surface area contributed by atoms with E-state index in [9.17, 15) is 0 Å². The second-order valence-corrected chi connectivity index (χ2v) is 6.09. The molecule has 1 fully saturated rings. The first-order chi connectivity index (χ1) is 8.40. The molecule has 1 aromatic carbocycles. The van der Waals surface area contributed by atoms with Gasteiger partial charge in [-0.05, 0) is 31.4 Å². The van der Waals surface area contributed by atoms with Crippen molar-refractivity contribution in [3.05, 3.63) is 33.8 Å². The number of rotatable bonds is 3. The summed E-state index contributed by atoms with van der Waals surface area (Å²) >= 11 is 12.1. The number of halogens is 2. The highest BCUT2D eigenvalue weighted by Gasteiger charge is 2.40. The molecule has 1 aliphatic heterocycles. The summed E-state index contributed by atoms with van der Waals surface area (Å²) in [5.74, 6) is -0.178. The van der Waals surface area contributed by atoms with E-state index >= 15 is 0 Å². The van der Waals surface area contributed by atoms with Gasteiger partial charge in [-0.3, -0.25) is 0 Å². The van der Waals surface area contributed by atoms with Crippen LogP contribution in [0.5, 0.6) is 0 Å². The maximum atomic E-state index is 6.21. The molecule has 1 saturated heterocycles. The molecule has 1 aromatic rings. The van der Waals surface area contributed by atoms with Gasteiger partial charge in [-0.15, -0.1) is 0 Å². The largest absolute Gasteiger partial charge is 0.343 e. The fourth-order valence-corrected chi connectivity index (χ4v) is 2.86. The summed E-state index contributed by atoms with van der Waals surface area (Å²) in [5.41, 5.74) is 0.833. The molecular weight excluding hydrogens is 271 g/mol. The Morgan fingerprint density at radius 1 is 1.39 bits per heavy atom. The Balaban J connectivity index is 2.17. The third-order valence-corrected chi connectivity index (χ3v) is 3.64. The lowest BCUT2D eigenvalue weighted by molar-refractivity contribution is -0.163. The highest BCUT2D eigenvalue weighted by Crippen LogP contribution is 2.39. The van der Waals surface area contributed by atoms with Gasteiger partial charge in [-0.1, -0.05) is 43.1 Å². The molecule has 18 heavy (non-hydrogen) atoms. The summed E-state index contributed by atoms with van der Waals surface area (Å²) in [6.07, 6.45) is 1.11. The highest BCUT2D eigenvalue weighted by atomic mass is 35.5. The maximum Gasteiger partial charge on any atom is 0.193 e. The van der Waals surface area contributed by atoms with E-state index < -0.39 is 5.79 Å². The van der Waals surface area contributed by atoms with Crippen LogP contribution < -0.4 is 0 Å². The molecule has 0 spiro atoms. The third-order valence-electron chi connectivity index (χ3n) is 3.09. The quantitative estimate of drug-likeness (QED) is 0.807. The average Bonchev–Trinajstić information content (AvgIpc) is 2.59. The van der Waals surface area contributed by atoms with E-state index in [-0.39, 0.29) is 6.10 Å². The van der Waals surface area contributed by atoms with Crippen LogP contribution in [0.15, 0.2) is 18.2 Å². The minimum atomic E-state index is -0.763. The fourth-order valence-electron chi connectivity index (χ4n) is 2.28. The van der Waals surface area contributed by atoms with Crippen molar-refractivity contribution in [1.29, 1.82) is 0 Å². The van der Waals surface area contributed by atoms with Crippen LogP contribution in [-0.2, 0) is 15.3 Å². The van der Waals surface area contributed by atoms with Crippen molar-refractivity contribution >= 4 is 23.2 Å². The van der Waals surface area contributed by atoms with Crippen molar-refractivity contribution in [1.82, 2.24) is 0 Å². The van der Waals surface area contributed by atoms with E-state index in [1.807, 2.05) is 13.0 Å². The second-order valence-electron chi connectivity index (χ2n) is 5.25. The van der Waals surface area contributed by atoms with Gasteiger partial charge in [0.25, 0.3) is 0 Å². The lowest BCUT2D eigenvalue weighted by Gasteiger charge is -2.25. The predicted octanol–water partition coefficient (Wildman–Crippen LogP) is 4.63. The Morgan fingerprint density at radius 3 is 2.72 bits per heavy atom. The van der Waals surface area contributed by atoms with E-state index in [2.05, 4.69) is 13.8 Å². The molecule has 1 aliphatic rings. The zero-order chi connectivity index (χ0) is 13.3. The molecule has 2 nitrogen and oxygen atoms in total. The molecule has 0 radical (unpaired) electrons. The highest BCUT2D eigenvalue weighted by molar-refractivity contribution is 6.35. The van der Waals surface area contributed by atoms with Crippen LogP contribution in [0.1, 0.15) is 32.8 Å². The lowest BCUT2D eigenvalue weighted by Crippen LogP contribution is -2.24. The van der Waals surface area contributed by atoms with E-state index in [1.54, 1.807) is 12.1 Å². The molecule has 100 valence electrons. The molecule has 0 amide bonds. The van der Waals surface area contributed by atoms with Gasteiger partial charge in [-0.2, -0.15) is 0 Å². The van der Waals surface area contributed by atoms with E-state index in [0.29, 0.717) is 22.6 Å². The smallest absolute Gasteiger partial charge is 0.193 e. The summed E-state index contributed by atoms with van der Waals surface area (Å²) in [5, 5.41) is 1.19. The number of hydrogen-bond donors (Lipinski definition) is 0. The number of benzene rings is 1. The summed E-state index contributed by atoms with van der Waals surface area (Å²) in [4.78, 5) is 0. The Labute approximate surface area is 118 Å². The molecule has 0 saturated carbocycles. The Kier molecular flexibility index (Phi) is 4.22. The summed E-state index contributed by atoms with van der Waals surface area (Å²) in [6, 6.07) is 5.38. The van der Waals surface area contributed by atoms with E-state index in [0.717, 1.165) is 12.0 Å². The van der Waals surface area contributed by atoms with Crippen molar-refractivity contribution in [2.45, 2.75) is 39.1 Å². The van der Waals surface area contributed by atoms with Crippen LogP contribution in [-0.4, -0.2) is 12.7 Å². The molecule has 2 rings (SSSR count). The Bertz CT molecular complexity index is 434. The first-order valence-corrected chi connectivity index (χ1v) is 6.93. The van der Waals surface area contributed by atoms with Crippen LogP contribution in [0.2, 0.25) is 10.0 Å². The van der Waals surface area contributed by atoms with Crippen LogP contribution >= 0.6 is 23.2 Å². The second kappa shape index (κ2) is 5.38. The van der Waals surface area contributed by atoms with Crippen molar-refractivity contribution < 1.29 is 9.47 Å². The Hall–Kier alpha value is -0.280. The zero-order valence-electron chi connectivity index (χ0n) is 10.9.